The van der Waals surface area contributed by atoms with Crippen LogP contribution in [0.4, 0.5) is 5.69 Å². The van der Waals surface area contributed by atoms with Crippen molar-refractivity contribution in [1.82, 2.24) is 4.90 Å². The Hall–Kier alpha value is -1.60. The van der Waals surface area contributed by atoms with Crippen molar-refractivity contribution in [1.29, 1.82) is 0 Å². The molecule has 0 aliphatic carbocycles. The molecule has 0 spiro atoms. The van der Waals surface area contributed by atoms with Crippen molar-refractivity contribution in [3.63, 3.8) is 0 Å². The van der Waals surface area contributed by atoms with Crippen LogP contribution in [0.25, 0.3) is 0 Å². The Kier molecular flexibility index (Phi) is 7.28. The number of anilines is 1. The van der Waals surface area contributed by atoms with Gasteiger partial charge in [-0.3, -0.25) is 9.69 Å². The maximum absolute atomic E-state index is 12.2. The molecule has 2 aromatic carbocycles. The monoisotopic (exact) mass is 428 g/mol. The summed E-state index contributed by atoms with van der Waals surface area (Å²) in [6.45, 7) is 2.53. The first kappa shape index (κ1) is 21.7. The summed E-state index contributed by atoms with van der Waals surface area (Å²) in [7, 11) is -1.30. The van der Waals surface area contributed by atoms with Crippen LogP contribution in [-0.2, 0) is 14.6 Å². The van der Waals surface area contributed by atoms with Crippen LogP contribution < -0.4 is 5.32 Å². The van der Waals surface area contributed by atoms with Crippen molar-refractivity contribution < 1.29 is 13.2 Å². The van der Waals surface area contributed by atoms with E-state index in [4.69, 9.17) is 23.2 Å². The summed E-state index contributed by atoms with van der Waals surface area (Å²) in [6, 6.07) is 11.7. The number of benzene rings is 2. The lowest BCUT2D eigenvalue weighted by Crippen LogP contribution is -2.27. The van der Waals surface area contributed by atoms with Gasteiger partial charge in [0, 0.05) is 30.3 Å². The molecule has 0 fully saturated rings. The lowest BCUT2D eigenvalue weighted by atomic mass is 10.1. The Morgan fingerprint density at radius 3 is 2.37 bits per heavy atom. The van der Waals surface area contributed by atoms with E-state index in [1.165, 1.54) is 6.26 Å². The van der Waals surface area contributed by atoms with Gasteiger partial charge in [0.15, 0.2) is 9.84 Å². The molecular weight excluding hydrogens is 407 g/mol. The van der Waals surface area contributed by atoms with E-state index in [0.29, 0.717) is 27.2 Å². The van der Waals surface area contributed by atoms with Crippen LogP contribution in [0.3, 0.4) is 0 Å². The first-order valence-electron chi connectivity index (χ1n) is 8.33. The fourth-order valence-electron chi connectivity index (χ4n) is 2.53. The predicted octanol–water partition coefficient (Wildman–Crippen LogP) is 4.42. The second-order valence-electron chi connectivity index (χ2n) is 6.42. The summed E-state index contributed by atoms with van der Waals surface area (Å²) < 4.78 is 23.1. The highest BCUT2D eigenvalue weighted by molar-refractivity contribution is 7.90. The van der Waals surface area contributed by atoms with Gasteiger partial charge in [-0.15, -0.1) is 0 Å². The summed E-state index contributed by atoms with van der Waals surface area (Å²) in [5.41, 5.74) is 1.46. The summed E-state index contributed by atoms with van der Waals surface area (Å²) in [5.74, 6) is -0.161. The molecular formula is C19H22Cl2N2O3S. The zero-order valence-corrected chi connectivity index (χ0v) is 17.7. The van der Waals surface area contributed by atoms with Crippen LogP contribution in [-0.4, -0.2) is 39.1 Å². The number of rotatable bonds is 7. The van der Waals surface area contributed by atoms with E-state index in [1.54, 1.807) is 42.5 Å². The largest absolute Gasteiger partial charge is 0.325 e. The van der Waals surface area contributed by atoms with Gasteiger partial charge < -0.3 is 5.32 Å². The summed E-state index contributed by atoms with van der Waals surface area (Å²) in [4.78, 5) is 14.5. The number of hydrogen-bond acceptors (Lipinski definition) is 4. The number of hydrogen-bond donors (Lipinski definition) is 1. The van der Waals surface area contributed by atoms with Gasteiger partial charge in [-0.05, 0) is 49.9 Å². The third-order valence-corrected chi connectivity index (χ3v) is 6.04. The van der Waals surface area contributed by atoms with E-state index in [2.05, 4.69) is 5.32 Å². The van der Waals surface area contributed by atoms with E-state index in [-0.39, 0.29) is 18.4 Å². The maximum Gasteiger partial charge on any atom is 0.225 e. The molecule has 1 amide bonds. The minimum absolute atomic E-state index is 0.0289. The highest BCUT2D eigenvalue weighted by Crippen LogP contribution is 2.26. The van der Waals surface area contributed by atoms with Gasteiger partial charge in [-0.1, -0.05) is 35.3 Å². The van der Waals surface area contributed by atoms with Gasteiger partial charge in [0.05, 0.1) is 15.6 Å². The predicted molar refractivity (Wildman–Crippen MR) is 110 cm³/mol. The lowest BCUT2D eigenvalue weighted by Gasteiger charge is -2.25. The SMILES string of the molecule is C[C@H](c1ccc(S(C)(=O)=O)cc1)N(C)CCC(=O)Nc1cc(Cl)ccc1Cl. The lowest BCUT2D eigenvalue weighted by molar-refractivity contribution is -0.116. The molecule has 0 aromatic heterocycles. The van der Waals surface area contributed by atoms with E-state index >= 15 is 0 Å². The Morgan fingerprint density at radius 1 is 1.15 bits per heavy atom. The third-order valence-electron chi connectivity index (χ3n) is 4.35. The maximum atomic E-state index is 12.2. The molecule has 1 N–H and O–H groups in total. The number of amides is 1. The molecule has 0 saturated carbocycles. The van der Waals surface area contributed by atoms with Crippen molar-refractivity contribution in [2.75, 3.05) is 25.2 Å². The highest BCUT2D eigenvalue weighted by Gasteiger charge is 2.15. The Labute approximate surface area is 170 Å². The standard InChI is InChI=1S/C19H22Cl2N2O3S/c1-13(14-4-7-16(8-5-14)27(3,25)26)23(2)11-10-19(24)22-18-12-15(20)6-9-17(18)21/h4-9,12-13H,10-11H2,1-3H3,(H,22,24)/t13-/m1/s1. The first-order chi connectivity index (χ1) is 12.6. The molecule has 8 heteroatoms. The number of halogens is 2. The van der Waals surface area contributed by atoms with Crippen molar-refractivity contribution >= 4 is 44.6 Å². The second-order valence-corrected chi connectivity index (χ2v) is 9.28. The molecule has 1 atom stereocenters. The Morgan fingerprint density at radius 2 is 1.78 bits per heavy atom. The number of carbonyl (C=O) groups is 1. The first-order valence-corrected chi connectivity index (χ1v) is 11.0. The molecule has 146 valence electrons. The number of nitrogens with one attached hydrogen (secondary N) is 1. The van der Waals surface area contributed by atoms with E-state index in [1.807, 2.05) is 18.9 Å². The normalized spacial score (nSPS) is 12.8. The zero-order chi connectivity index (χ0) is 20.2. The topological polar surface area (TPSA) is 66.5 Å². The summed E-state index contributed by atoms with van der Waals surface area (Å²) in [6.07, 6.45) is 1.47. The molecule has 2 aromatic rings. The minimum Gasteiger partial charge on any atom is -0.325 e. The van der Waals surface area contributed by atoms with Crippen molar-refractivity contribution in [3.8, 4) is 0 Å². The van der Waals surface area contributed by atoms with E-state index in [0.717, 1.165) is 5.56 Å². The number of sulfone groups is 1. The zero-order valence-electron chi connectivity index (χ0n) is 15.4. The van der Waals surface area contributed by atoms with E-state index < -0.39 is 9.84 Å². The van der Waals surface area contributed by atoms with Crippen LogP contribution in [0.1, 0.15) is 24.9 Å². The fourth-order valence-corrected chi connectivity index (χ4v) is 3.49. The van der Waals surface area contributed by atoms with Gasteiger partial charge in [0.2, 0.25) is 5.91 Å². The van der Waals surface area contributed by atoms with Crippen LogP contribution in [0, 0.1) is 0 Å². The van der Waals surface area contributed by atoms with Crippen LogP contribution in [0.2, 0.25) is 10.0 Å². The molecule has 2 rings (SSSR count). The number of carbonyl (C=O) groups excluding carboxylic acids is 1. The molecule has 27 heavy (non-hydrogen) atoms. The second kappa shape index (κ2) is 9.06. The molecule has 0 aliphatic heterocycles. The van der Waals surface area contributed by atoms with Crippen LogP contribution >= 0.6 is 23.2 Å². The Bertz CT molecular complexity index is 915. The average Bonchev–Trinajstić information content (AvgIpc) is 2.61. The van der Waals surface area contributed by atoms with E-state index in [9.17, 15) is 13.2 Å². The quantitative estimate of drug-likeness (QED) is 0.708. The highest BCUT2D eigenvalue weighted by atomic mass is 35.5. The average molecular weight is 429 g/mol. The molecule has 0 radical (unpaired) electrons. The van der Waals surface area contributed by atoms with Crippen LogP contribution in [0.5, 0.6) is 0 Å². The summed E-state index contributed by atoms with van der Waals surface area (Å²) >= 11 is 12.0. The van der Waals surface area contributed by atoms with Crippen molar-refractivity contribution in [2.45, 2.75) is 24.3 Å². The Balaban J connectivity index is 1.93. The fraction of sp³-hybridized carbons (Fsp3) is 0.316. The summed E-state index contributed by atoms with van der Waals surface area (Å²) in [5, 5.41) is 3.69. The van der Waals surface area contributed by atoms with Gasteiger partial charge in [0.25, 0.3) is 0 Å². The van der Waals surface area contributed by atoms with Crippen molar-refractivity contribution in [2.24, 2.45) is 0 Å². The molecule has 0 bridgehead atoms. The van der Waals surface area contributed by atoms with Gasteiger partial charge in [-0.25, -0.2) is 8.42 Å². The molecule has 0 unspecified atom stereocenters. The number of nitrogens with zero attached hydrogens (tertiary/aromatic N) is 1. The smallest absolute Gasteiger partial charge is 0.225 e. The van der Waals surface area contributed by atoms with Gasteiger partial charge in [-0.2, -0.15) is 0 Å². The van der Waals surface area contributed by atoms with Gasteiger partial charge >= 0.3 is 0 Å². The van der Waals surface area contributed by atoms with Crippen molar-refractivity contribution in [3.05, 3.63) is 58.1 Å². The minimum atomic E-state index is -3.21. The van der Waals surface area contributed by atoms with Gasteiger partial charge in [0.1, 0.15) is 0 Å². The molecule has 0 aliphatic rings. The molecule has 5 nitrogen and oxygen atoms in total. The molecule has 0 heterocycles. The van der Waals surface area contributed by atoms with Crippen LogP contribution in [0.15, 0.2) is 47.4 Å². The third kappa shape index (κ3) is 6.21. The molecule has 0 saturated heterocycles.